The summed E-state index contributed by atoms with van der Waals surface area (Å²) in [6.07, 6.45) is 3.65. The highest BCUT2D eigenvalue weighted by atomic mass is 16.4. The van der Waals surface area contributed by atoms with Crippen molar-refractivity contribution in [3.63, 3.8) is 0 Å². The van der Waals surface area contributed by atoms with Crippen LogP contribution < -0.4 is 5.11 Å². The van der Waals surface area contributed by atoms with Crippen molar-refractivity contribution in [2.45, 2.75) is 19.3 Å². The Labute approximate surface area is 93.6 Å². The van der Waals surface area contributed by atoms with Crippen LogP contribution in [0.4, 0.5) is 0 Å². The zero-order valence-corrected chi connectivity index (χ0v) is 8.81. The zero-order valence-electron chi connectivity index (χ0n) is 8.81. The highest BCUT2D eigenvalue weighted by Gasteiger charge is 2.01. The molecule has 0 amide bonds. The third kappa shape index (κ3) is 3.67. The number of carbonyl (C=O) groups is 1. The van der Waals surface area contributed by atoms with Gasteiger partial charge in [0.1, 0.15) is 0 Å². The van der Waals surface area contributed by atoms with E-state index in [1.807, 2.05) is 0 Å². The molecule has 4 heteroatoms. The molecule has 0 atom stereocenters. The Balaban J connectivity index is 2.53. The molecule has 0 spiro atoms. The van der Waals surface area contributed by atoms with Crippen LogP contribution in [0.25, 0.3) is 0 Å². The number of carboxylic acid groups (broad SMARTS) is 1. The lowest BCUT2D eigenvalue weighted by Crippen LogP contribution is -2.23. The van der Waals surface area contributed by atoms with Crippen LogP contribution in [0.15, 0.2) is 29.3 Å². The zero-order chi connectivity index (χ0) is 11.8. The van der Waals surface area contributed by atoms with Crippen LogP contribution in [-0.2, 0) is 11.2 Å². The topological polar surface area (TPSA) is 69.6 Å². The van der Waals surface area contributed by atoms with Gasteiger partial charge >= 0.3 is 0 Å². The van der Waals surface area contributed by atoms with E-state index in [0.29, 0.717) is 13.0 Å². The molecule has 84 valence electrons. The fraction of sp³-hybridized carbons (Fsp3) is 0.333. The first-order valence-corrected chi connectivity index (χ1v) is 5.08. The summed E-state index contributed by atoms with van der Waals surface area (Å²) >= 11 is 0. The second kappa shape index (κ2) is 6.53. The molecular formula is C12H12NO3-. The quantitative estimate of drug-likeness (QED) is 0.401. The summed E-state index contributed by atoms with van der Waals surface area (Å²) in [7, 11) is 0. The Bertz CT molecular complexity index is 408. The molecule has 0 aromatic heterocycles. The summed E-state index contributed by atoms with van der Waals surface area (Å²) in [5.74, 6) is -1.15. The first-order chi connectivity index (χ1) is 7.75. The number of aryl methyl sites for hydroxylation is 1. The van der Waals surface area contributed by atoms with Crippen molar-refractivity contribution in [2.24, 2.45) is 4.99 Å². The van der Waals surface area contributed by atoms with Crippen LogP contribution in [0.3, 0.4) is 0 Å². The molecule has 0 aliphatic carbocycles. The lowest BCUT2D eigenvalue weighted by molar-refractivity contribution is -0.255. The van der Waals surface area contributed by atoms with Crippen molar-refractivity contribution in [2.75, 3.05) is 6.54 Å². The maximum atomic E-state index is 10.8. The first kappa shape index (κ1) is 12.1. The van der Waals surface area contributed by atoms with Crippen LogP contribution in [0.2, 0.25) is 0 Å². The number of carbonyl (C=O) groups excluding carboxylic acids is 2. The number of hydrogen-bond donors (Lipinski definition) is 0. The van der Waals surface area contributed by atoms with E-state index in [0.717, 1.165) is 18.4 Å². The van der Waals surface area contributed by atoms with Crippen molar-refractivity contribution in [3.8, 4) is 0 Å². The number of aromatic carboxylic acids is 1. The van der Waals surface area contributed by atoms with Crippen LogP contribution in [-0.4, -0.2) is 18.6 Å². The molecule has 0 saturated carbocycles. The predicted octanol–water partition coefficient (Wildman–Crippen LogP) is 0.709. The van der Waals surface area contributed by atoms with E-state index in [2.05, 4.69) is 4.99 Å². The minimum absolute atomic E-state index is 0.237. The van der Waals surface area contributed by atoms with Crippen molar-refractivity contribution in [1.29, 1.82) is 0 Å². The summed E-state index contributed by atoms with van der Waals surface area (Å²) in [5, 5.41) is 10.8. The highest BCUT2D eigenvalue weighted by molar-refractivity contribution is 5.87. The van der Waals surface area contributed by atoms with E-state index in [-0.39, 0.29) is 5.56 Å². The van der Waals surface area contributed by atoms with E-state index < -0.39 is 5.97 Å². The standard InChI is InChI=1S/C12H13NO3/c14-9-13-8-4-3-6-10-5-1-2-7-11(10)12(15)16/h1-2,5,7H,3-4,6,8H2,(H,15,16)/p-1. The van der Waals surface area contributed by atoms with Crippen molar-refractivity contribution in [1.82, 2.24) is 0 Å². The van der Waals surface area contributed by atoms with Gasteiger partial charge in [0.05, 0.1) is 12.5 Å². The van der Waals surface area contributed by atoms with Gasteiger partial charge in [-0.05, 0) is 24.8 Å². The van der Waals surface area contributed by atoms with Crippen molar-refractivity contribution >= 4 is 12.0 Å². The molecule has 0 fully saturated rings. The number of nitrogens with zero attached hydrogens (tertiary/aromatic N) is 1. The summed E-state index contributed by atoms with van der Waals surface area (Å²) in [6, 6.07) is 6.78. The van der Waals surface area contributed by atoms with Crippen LogP contribution in [0, 0.1) is 0 Å². The van der Waals surface area contributed by atoms with Gasteiger partial charge in [-0.1, -0.05) is 24.3 Å². The molecule has 0 heterocycles. The maximum absolute atomic E-state index is 10.8. The minimum atomic E-state index is -1.15. The van der Waals surface area contributed by atoms with Gasteiger partial charge in [-0.25, -0.2) is 9.79 Å². The van der Waals surface area contributed by atoms with E-state index >= 15 is 0 Å². The Morgan fingerprint density at radius 3 is 2.75 bits per heavy atom. The van der Waals surface area contributed by atoms with Gasteiger partial charge in [0.2, 0.25) is 6.08 Å². The molecule has 1 aromatic rings. The molecule has 0 unspecified atom stereocenters. The Hall–Kier alpha value is -1.93. The normalized spacial score (nSPS) is 9.50. The summed E-state index contributed by atoms with van der Waals surface area (Å²) < 4.78 is 0. The monoisotopic (exact) mass is 218 g/mol. The first-order valence-electron chi connectivity index (χ1n) is 5.08. The van der Waals surface area contributed by atoms with Crippen molar-refractivity contribution < 1.29 is 14.7 Å². The van der Waals surface area contributed by atoms with Gasteiger partial charge in [-0.2, -0.15) is 0 Å². The molecule has 0 radical (unpaired) electrons. The average Bonchev–Trinajstić information content (AvgIpc) is 2.29. The second-order valence-electron chi connectivity index (χ2n) is 3.37. The van der Waals surface area contributed by atoms with E-state index in [9.17, 15) is 14.7 Å². The fourth-order valence-electron chi connectivity index (χ4n) is 1.49. The molecule has 0 N–H and O–H groups in total. The van der Waals surface area contributed by atoms with Crippen LogP contribution >= 0.6 is 0 Å². The molecular weight excluding hydrogens is 206 g/mol. The molecule has 0 aliphatic rings. The Kier molecular flexibility index (Phi) is 4.96. The molecule has 1 aromatic carbocycles. The molecule has 4 nitrogen and oxygen atoms in total. The van der Waals surface area contributed by atoms with Crippen molar-refractivity contribution in [3.05, 3.63) is 35.4 Å². The summed E-state index contributed by atoms with van der Waals surface area (Å²) in [4.78, 5) is 24.0. The van der Waals surface area contributed by atoms with Crippen LogP contribution in [0.5, 0.6) is 0 Å². The van der Waals surface area contributed by atoms with Gasteiger partial charge in [-0.15, -0.1) is 0 Å². The van der Waals surface area contributed by atoms with E-state index in [1.54, 1.807) is 18.2 Å². The molecule has 0 bridgehead atoms. The fourth-order valence-corrected chi connectivity index (χ4v) is 1.49. The molecule has 0 saturated heterocycles. The Morgan fingerprint density at radius 2 is 2.06 bits per heavy atom. The van der Waals surface area contributed by atoms with Gasteiger partial charge in [0, 0.05) is 5.56 Å². The average molecular weight is 218 g/mol. The minimum Gasteiger partial charge on any atom is -0.545 e. The number of unbranched alkanes of at least 4 members (excludes halogenated alkanes) is 1. The lowest BCUT2D eigenvalue weighted by atomic mass is 10.0. The molecule has 1 rings (SSSR count). The van der Waals surface area contributed by atoms with Crippen LogP contribution in [0.1, 0.15) is 28.8 Å². The molecule has 16 heavy (non-hydrogen) atoms. The number of benzene rings is 1. The smallest absolute Gasteiger partial charge is 0.234 e. The lowest BCUT2D eigenvalue weighted by Gasteiger charge is -2.09. The molecule has 0 aliphatic heterocycles. The third-order valence-corrected chi connectivity index (χ3v) is 2.27. The SMILES string of the molecule is O=C=NCCCCc1ccccc1C(=O)[O-]. The Morgan fingerprint density at radius 1 is 1.31 bits per heavy atom. The maximum Gasteiger partial charge on any atom is 0.234 e. The third-order valence-electron chi connectivity index (χ3n) is 2.27. The predicted molar refractivity (Wildman–Crippen MR) is 56.7 cm³/mol. The van der Waals surface area contributed by atoms with Gasteiger partial charge < -0.3 is 9.90 Å². The second-order valence-corrected chi connectivity index (χ2v) is 3.37. The number of carboxylic acids is 1. The number of hydrogen-bond acceptors (Lipinski definition) is 4. The highest BCUT2D eigenvalue weighted by Crippen LogP contribution is 2.11. The van der Waals surface area contributed by atoms with Gasteiger partial charge in [0.25, 0.3) is 0 Å². The largest absolute Gasteiger partial charge is 0.545 e. The summed E-state index contributed by atoms with van der Waals surface area (Å²) in [6.45, 7) is 0.441. The number of isocyanates is 1. The van der Waals surface area contributed by atoms with E-state index in [1.165, 1.54) is 12.1 Å². The van der Waals surface area contributed by atoms with Gasteiger partial charge in [-0.3, -0.25) is 0 Å². The van der Waals surface area contributed by atoms with Gasteiger partial charge in [0.15, 0.2) is 0 Å². The number of rotatable bonds is 6. The summed E-state index contributed by atoms with van der Waals surface area (Å²) in [5.41, 5.74) is 0.999. The van der Waals surface area contributed by atoms with E-state index in [4.69, 9.17) is 0 Å². The number of aliphatic imine (C=N–C) groups is 1.